The first-order valence-electron chi connectivity index (χ1n) is 4.30. The Bertz CT molecular complexity index is 466. The average molecular weight is 172 g/mol. The largest absolute Gasteiger partial charge is 0.355 e. The lowest BCUT2D eigenvalue weighted by Gasteiger charge is -1.95. The zero-order valence-electron chi connectivity index (χ0n) is 7.89. The standard InChI is InChI=1S/C11H12N2/c1-4-9-7(2)11-8(3)12-6-5-10(11)13-9/h4-6,13H,1H2,2-3H3. The highest BCUT2D eigenvalue weighted by molar-refractivity contribution is 5.88. The van der Waals surface area contributed by atoms with Crippen molar-refractivity contribution < 1.29 is 0 Å². The molecule has 0 amide bonds. The summed E-state index contributed by atoms with van der Waals surface area (Å²) in [4.78, 5) is 7.56. The van der Waals surface area contributed by atoms with Crippen LogP contribution in [0.1, 0.15) is 17.0 Å². The number of aryl methyl sites for hydroxylation is 2. The second kappa shape index (κ2) is 2.73. The highest BCUT2D eigenvalue weighted by Gasteiger charge is 2.06. The molecule has 0 aromatic carbocycles. The van der Waals surface area contributed by atoms with E-state index in [-0.39, 0.29) is 0 Å². The molecule has 0 saturated heterocycles. The van der Waals surface area contributed by atoms with Gasteiger partial charge >= 0.3 is 0 Å². The Morgan fingerprint density at radius 3 is 2.85 bits per heavy atom. The van der Waals surface area contributed by atoms with Crippen molar-refractivity contribution in [1.82, 2.24) is 9.97 Å². The molecule has 2 heterocycles. The predicted molar refractivity (Wildman–Crippen MR) is 55.7 cm³/mol. The average Bonchev–Trinajstić information content (AvgIpc) is 2.44. The smallest absolute Gasteiger partial charge is 0.0495 e. The van der Waals surface area contributed by atoms with Gasteiger partial charge in [-0.1, -0.05) is 6.58 Å². The fourth-order valence-electron chi connectivity index (χ4n) is 1.72. The normalized spacial score (nSPS) is 10.6. The molecule has 13 heavy (non-hydrogen) atoms. The van der Waals surface area contributed by atoms with Crippen LogP contribution < -0.4 is 0 Å². The summed E-state index contributed by atoms with van der Waals surface area (Å²) in [7, 11) is 0. The van der Waals surface area contributed by atoms with Crippen molar-refractivity contribution >= 4 is 17.0 Å². The van der Waals surface area contributed by atoms with Gasteiger partial charge in [0.25, 0.3) is 0 Å². The summed E-state index contributed by atoms with van der Waals surface area (Å²) in [6.07, 6.45) is 3.66. The Morgan fingerprint density at radius 2 is 2.23 bits per heavy atom. The predicted octanol–water partition coefficient (Wildman–Crippen LogP) is 2.82. The van der Waals surface area contributed by atoms with Gasteiger partial charge in [0.1, 0.15) is 0 Å². The number of aromatic nitrogens is 2. The van der Waals surface area contributed by atoms with Crippen LogP contribution in [-0.2, 0) is 0 Å². The van der Waals surface area contributed by atoms with Crippen LogP contribution in [0.3, 0.4) is 0 Å². The van der Waals surface area contributed by atoms with Crippen molar-refractivity contribution in [1.29, 1.82) is 0 Å². The van der Waals surface area contributed by atoms with Crippen molar-refractivity contribution in [3.8, 4) is 0 Å². The van der Waals surface area contributed by atoms with Gasteiger partial charge in [-0.05, 0) is 31.6 Å². The van der Waals surface area contributed by atoms with Crippen molar-refractivity contribution in [3.63, 3.8) is 0 Å². The first-order valence-corrected chi connectivity index (χ1v) is 4.30. The second-order valence-electron chi connectivity index (χ2n) is 3.19. The van der Waals surface area contributed by atoms with E-state index in [1.807, 2.05) is 25.3 Å². The Hall–Kier alpha value is -1.57. The van der Waals surface area contributed by atoms with E-state index in [4.69, 9.17) is 0 Å². The fraction of sp³-hybridized carbons (Fsp3) is 0.182. The summed E-state index contributed by atoms with van der Waals surface area (Å²) in [6, 6.07) is 1.99. The Morgan fingerprint density at radius 1 is 1.46 bits per heavy atom. The molecule has 0 radical (unpaired) electrons. The first-order chi connectivity index (χ1) is 6.24. The van der Waals surface area contributed by atoms with Gasteiger partial charge in [0, 0.05) is 28.5 Å². The number of rotatable bonds is 1. The summed E-state index contributed by atoms with van der Waals surface area (Å²) in [6.45, 7) is 7.88. The minimum atomic E-state index is 1.07. The Kier molecular flexibility index (Phi) is 1.69. The number of hydrogen-bond donors (Lipinski definition) is 1. The number of fused-ring (bicyclic) bond motifs is 1. The van der Waals surface area contributed by atoms with E-state index in [1.54, 1.807) is 0 Å². The number of hydrogen-bond acceptors (Lipinski definition) is 1. The van der Waals surface area contributed by atoms with Crippen LogP contribution in [0.25, 0.3) is 17.0 Å². The van der Waals surface area contributed by atoms with Gasteiger partial charge in [-0.25, -0.2) is 0 Å². The molecule has 2 rings (SSSR count). The van der Waals surface area contributed by atoms with Crippen LogP contribution in [0.5, 0.6) is 0 Å². The molecule has 0 unspecified atom stereocenters. The Balaban J connectivity index is 2.92. The van der Waals surface area contributed by atoms with Crippen molar-refractivity contribution in [2.45, 2.75) is 13.8 Å². The summed E-state index contributed by atoms with van der Waals surface area (Å²) in [5.41, 5.74) is 4.53. The molecule has 0 spiro atoms. The van der Waals surface area contributed by atoms with Crippen molar-refractivity contribution in [3.05, 3.63) is 35.8 Å². The second-order valence-corrected chi connectivity index (χ2v) is 3.19. The van der Waals surface area contributed by atoms with Gasteiger partial charge in [-0.15, -0.1) is 0 Å². The molecule has 2 aromatic rings. The molecule has 0 aliphatic heterocycles. The van der Waals surface area contributed by atoms with E-state index in [0.717, 1.165) is 16.9 Å². The molecule has 0 aliphatic rings. The van der Waals surface area contributed by atoms with Crippen molar-refractivity contribution in [2.24, 2.45) is 0 Å². The molecule has 1 N–H and O–H groups in total. The van der Waals surface area contributed by atoms with E-state index in [9.17, 15) is 0 Å². The lowest BCUT2D eigenvalue weighted by molar-refractivity contribution is 1.23. The lowest BCUT2D eigenvalue weighted by atomic mass is 10.1. The summed E-state index contributed by atoms with van der Waals surface area (Å²) in [5.74, 6) is 0. The lowest BCUT2D eigenvalue weighted by Crippen LogP contribution is -1.81. The van der Waals surface area contributed by atoms with Gasteiger partial charge < -0.3 is 4.98 Å². The van der Waals surface area contributed by atoms with E-state index < -0.39 is 0 Å². The maximum Gasteiger partial charge on any atom is 0.0495 e. The topological polar surface area (TPSA) is 28.7 Å². The van der Waals surface area contributed by atoms with Gasteiger partial charge in [0.05, 0.1) is 0 Å². The number of pyridine rings is 1. The minimum Gasteiger partial charge on any atom is -0.355 e. The highest BCUT2D eigenvalue weighted by Crippen LogP contribution is 2.23. The quantitative estimate of drug-likeness (QED) is 0.704. The molecular formula is C11H12N2. The van der Waals surface area contributed by atoms with Crippen LogP contribution in [0.2, 0.25) is 0 Å². The van der Waals surface area contributed by atoms with Crippen LogP contribution in [0.15, 0.2) is 18.8 Å². The third-order valence-electron chi connectivity index (χ3n) is 2.39. The zero-order valence-corrected chi connectivity index (χ0v) is 7.89. The Labute approximate surface area is 77.3 Å². The van der Waals surface area contributed by atoms with Gasteiger partial charge in [0.2, 0.25) is 0 Å². The van der Waals surface area contributed by atoms with Crippen LogP contribution in [0.4, 0.5) is 0 Å². The molecule has 0 saturated carbocycles. The molecule has 2 nitrogen and oxygen atoms in total. The maximum absolute atomic E-state index is 4.26. The van der Waals surface area contributed by atoms with E-state index in [2.05, 4.69) is 23.5 Å². The van der Waals surface area contributed by atoms with Crippen LogP contribution in [-0.4, -0.2) is 9.97 Å². The fourth-order valence-corrected chi connectivity index (χ4v) is 1.72. The molecule has 0 fully saturated rings. The summed E-state index contributed by atoms with van der Waals surface area (Å²) < 4.78 is 0. The number of nitrogens with one attached hydrogen (secondary N) is 1. The van der Waals surface area contributed by atoms with Crippen LogP contribution in [0, 0.1) is 13.8 Å². The minimum absolute atomic E-state index is 1.07. The number of H-pyrrole nitrogens is 1. The molecule has 0 atom stereocenters. The monoisotopic (exact) mass is 172 g/mol. The van der Waals surface area contributed by atoms with E-state index >= 15 is 0 Å². The van der Waals surface area contributed by atoms with E-state index in [0.29, 0.717) is 0 Å². The number of aromatic amines is 1. The molecule has 66 valence electrons. The van der Waals surface area contributed by atoms with Gasteiger partial charge in [0.15, 0.2) is 0 Å². The maximum atomic E-state index is 4.26. The van der Waals surface area contributed by atoms with Crippen molar-refractivity contribution in [2.75, 3.05) is 0 Å². The van der Waals surface area contributed by atoms with Crippen LogP contribution >= 0.6 is 0 Å². The SMILES string of the molecule is C=Cc1[nH]c2ccnc(C)c2c1C. The molecular weight excluding hydrogens is 160 g/mol. The van der Waals surface area contributed by atoms with Gasteiger partial charge in [-0.2, -0.15) is 0 Å². The van der Waals surface area contributed by atoms with Gasteiger partial charge in [-0.3, -0.25) is 4.98 Å². The van der Waals surface area contributed by atoms with E-state index in [1.165, 1.54) is 10.9 Å². The summed E-state index contributed by atoms with van der Waals surface area (Å²) in [5, 5.41) is 1.22. The highest BCUT2D eigenvalue weighted by atomic mass is 14.7. The third kappa shape index (κ3) is 1.06. The first kappa shape index (κ1) is 8.05. The molecule has 2 heteroatoms. The zero-order chi connectivity index (χ0) is 9.42. The molecule has 0 bridgehead atoms. The number of nitrogens with zero attached hydrogens (tertiary/aromatic N) is 1. The molecule has 2 aromatic heterocycles. The summed E-state index contributed by atoms with van der Waals surface area (Å²) >= 11 is 0. The third-order valence-corrected chi connectivity index (χ3v) is 2.39. The molecule has 0 aliphatic carbocycles.